The van der Waals surface area contributed by atoms with E-state index in [2.05, 4.69) is 4.74 Å². The van der Waals surface area contributed by atoms with E-state index >= 15 is 0 Å². The molecule has 2 aliphatic rings. The van der Waals surface area contributed by atoms with Gasteiger partial charge in [0, 0.05) is 12.2 Å². The first kappa shape index (κ1) is 14.2. The summed E-state index contributed by atoms with van der Waals surface area (Å²) in [6.07, 6.45) is -4.84. The van der Waals surface area contributed by atoms with E-state index in [0.717, 1.165) is 0 Å². The first-order valence-corrected chi connectivity index (χ1v) is 6.43. The topological polar surface area (TPSA) is 53.0 Å². The van der Waals surface area contributed by atoms with Crippen molar-refractivity contribution >= 4 is 11.6 Å². The predicted octanol–water partition coefficient (Wildman–Crippen LogP) is 1.32. The van der Waals surface area contributed by atoms with Crippen molar-refractivity contribution in [1.29, 1.82) is 0 Å². The van der Waals surface area contributed by atoms with Gasteiger partial charge in [-0.15, -0.1) is 13.2 Å². The molecule has 8 heteroatoms. The second kappa shape index (κ2) is 4.88. The van der Waals surface area contributed by atoms with E-state index in [4.69, 9.17) is 0 Å². The second-order valence-electron chi connectivity index (χ2n) is 5.13. The number of alkyl halides is 3. The van der Waals surface area contributed by atoms with E-state index < -0.39 is 12.5 Å². The summed E-state index contributed by atoms with van der Waals surface area (Å²) >= 11 is 0. The Morgan fingerprint density at radius 1 is 1.24 bits per heavy atom. The van der Waals surface area contributed by atoms with E-state index in [1.165, 1.54) is 29.2 Å². The minimum Gasteiger partial charge on any atom is -0.406 e. The highest BCUT2D eigenvalue weighted by Gasteiger charge is 2.45. The molecule has 0 unspecified atom stereocenters. The molecule has 0 aliphatic carbocycles. The van der Waals surface area contributed by atoms with Crippen molar-refractivity contribution in [1.82, 2.24) is 4.90 Å². The molecular weight excluding hydrogens is 289 g/mol. The molecule has 2 heterocycles. The molecule has 0 aromatic heterocycles. The Kier molecular flexibility index (Phi) is 3.29. The number of anilines is 1. The second-order valence-corrected chi connectivity index (χ2v) is 5.13. The molecule has 2 atom stereocenters. The third kappa shape index (κ3) is 2.81. The highest BCUT2D eigenvalue weighted by atomic mass is 19.4. The molecule has 0 bridgehead atoms. The van der Waals surface area contributed by atoms with Gasteiger partial charge < -0.3 is 9.84 Å². The SMILES string of the molecule is O=C1[C@@H]2C[C@@H](O)CN2CN1c1ccc(OC(F)(F)F)cc1. The number of rotatable bonds is 2. The van der Waals surface area contributed by atoms with Crippen LogP contribution in [0.5, 0.6) is 5.75 Å². The number of aliphatic hydroxyl groups is 1. The van der Waals surface area contributed by atoms with Crippen LogP contribution in [0.1, 0.15) is 6.42 Å². The third-order valence-electron chi connectivity index (χ3n) is 3.64. The lowest BCUT2D eigenvalue weighted by molar-refractivity contribution is -0.274. The molecule has 2 saturated heterocycles. The van der Waals surface area contributed by atoms with Crippen molar-refractivity contribution in [3.63, 3.8) is 0 Å². The molecule has 1 aromatic carbocycles. The van der Waals surface area contributed by atoms with Gasteiger partial charge in [0.1, 0.15) is 5.75 Å². The Hall–Kier alpha value is -1.80. The van der Waals surface area contributed by atoms with Gasteiger partial charge >= 0.3 is 6.36 Å². The molecule has 0 saturated carbocycles. The van der Waals surface area contributed by atoms with Gasteiger partial charge in [0.2, 0.25) is 5.91 Å². The van der Waals surface area contributed by atoms with Gasteiger partial charge in [-0.05, 0) is 30.7 Å². The summed E-state index contributed by atoms with van der Waals surface area (Å²) in [6.45, 7) is 0.766. The zero-order valence-corrected chi connectivity index (χ0v) is 10.9. The number of ether oxygens (including phenoxy) is 1. The zero-order chi connectivity index (χ0) is 15.2. The summed E-state index contributed by atoms with van der Waals surface area (Å²) in [6, 6.07) is 4.84. The summed E-state index contributed by atoms with van der Waals surface area (Å²) < 4.78 is 40.0. The van der Waals surface area contributed by atoms with Crippen LogP contribution in [0.2, 0.25) is 0 Å². The molecule has 1 N–H and O–H groups in total. The average Bonchev–Trinajstić information content (AvgIpc) is 2.87. The summed E-state index contributed by atoms with van der Waals surface area (Å²) in [5.74, 6) is -0.468. The Morgan fingerprint density at radius 2 is 1.90 bits per heavy atom. The van der Waals surface area contributed by atoms with Crippen LogP contribution in [-0.2, 0) is 4.79 Å². The van der Waals surface area contributed by atoms with Crippen molar-refractivity contribution in [2.45, 2.75) is 24.9 Å². The number of halogens is 3. The molecule has 3 rings (SSSR count). The molecule has 2 aliphatic heterocycles. The van der Waals surface area contributed by atoms with Gasteiger partial charge in [-0.3, -0.25) is 14.6 Å². The Morgan fingerprint density at radius 3 is 2.48 bits per heavy atom. The van der Waals surface area contributed by atoms with Crippen molar-refractivity contribution in [2.75, 3.05) is 18.1 Å². The summed E-state index contributed by atoms with van der Waals surface area (Å²) in [5, 5.41) is 9.52. The molecule has 21 heavy (non-hydrogen) atoms. The number of aliphatic hydroxyl groups excluding tert-OH is 1. The molecular formula is C13H13F3N2O3. The number of amides is 1. The zero-order valence-electron chi connectivity index (χ0n) is 10.9. The van der Waals surface area contributed by atoms with Gasteiger partial charge in [0.05, 0.1) is 18.8 Å². The van der Waals surface area contributed by atoms with Crippen LogP contribution in [0.25, 0.3) is 0 Å². The van der Waals surface area contributed by atoms with Crippen LogP contribution in [-0.4, -0.2) is 47.6 Å². The van der Waals surface area contributed by atoms with Crippen molar-refractivity contribution in [3.8, 4) is 5.75 Å². The minimum absolute atomic E-state index is 0.143. The van der Waals surface area contributed by atoms with Gasteiger partial charge in [0.15, 0.2) is 0 Å². The van der Waals surface area contributed by atoms with Crippen LogP contribution in [0.15, 0.2) is 24.3 Å². The largest absolute Gasteiger partial charge is 0.573 e. The quantitative estimate of drug-likeness (QED) is 0.895. The summed E-state index contributed by atoms with van der Waals surface area (Å²) in [7, 11) is 0. The number of carbonyl (C=O) groups excluding carboxylic acids is 1. The minimum atomic E-state index is -4.73. The molecule has 0 spiro atoms. The van der Waals surface area contributed by atoms with Gasteiger partial charge in [-0.1, -0.05) is 0 Å². The highest BCUT2D eigenvalue weighted by Crippen LogP contribution is 2.31. The lowest BCUT2D eigenvalue weighted by atomic mass is 10.2. The Bertz CT molecular complexity index is 547. The van der Waals surface area contributed by atoms with Crippen LogP contribution in [0.4, 0.5) is 18.9 Å². The van der Waals surface area contributed by atoms with E-state index in [0.29, 0.717) is 25.3 Å². The summed E-state index contributed by atoms with van der Waals surface area (Å²) in [5.41, 5.74) is 0.512. The number of hydrogen-bond acceptors (Lipinski definition) is 4. The van der Waals surface area contributed by atoms with E-state index in [1.54, 1.807) is 0 Å². The van der Waals surface area contributed by atoms with Crippen LogP contribution < -0.4 is 9.64 Å². The Balaban J connectivity index is 1.72. The normalized spacial score (nSPS) is 26.3. The first-order valence-electron chi connectivity index (χ1n) is 6.43. The molecule has 114 valence electrons. The highest BCUT2D eigenvalue weighted by molar-refractivity contribution is 5.99. The van der Waals surface area contributed by atoms with Crippen molar-refractivity contribution in [3.05, 3.63) is 24.3 Å². The van der Waals surface area contributed by atoms with Gasteiger partial charge in [-0.25, -0.2) is 0 Å². The van der Waals surface area contributed by atoms with Gasteiger partial charge in [0.25, 0.3) is 0 Å². The predicted molar refractivity (Wildman–Crippen MR) is 66.6 cm³/mol. The van der Waals surface area contributed by atoms with Crippen LogP contribution in [0.3, 0.4) is 0 Å². The number of nitrogens with zero attached hydrogens (tertiary/aromatic N) is 2. The van der Waals surface area contributed by atoms with Gasteiger partial charge in [-0.2, -0.15) is 0 Å². The fourth-order valence-electron chi connectivity index (χ4n) is 2.76. The number of benzene rings is 1. The Labute approximate surface area is 118 Å². The van der Waals surface area contributed by atoms with Crippen molar-refractivity contribution in [2.24, 2.45) is 0 Å². The third-order valence-corrected chi connectivity index (χ3v) is 3.64. The van der Waals surface area contributed by atoms with Crippen molar-refractivity contribution < 1.29 is 27.8 Å². The maximum Gasteiger partial charge on any atom is 0.573 e. The maximum absolute atomic E-state index is 12.2. The van der Waals surface area contributed by atoms with E-state index in [1.807, 2.05) is 4.90 Å². The maximum atomic E-state index is 12.2. The van der Waals surface area contributed by atoms with Crippen LogP contribution >= 0.6 is 0 Å². The fourth-order valence-corrected chi connectivity index (χ4v) is 2.76. The summed E-state index contributed by atoms with van der Waals surface area (Å²) in [4.78, 5) is 15.6. The lowest BCUT2D eigenvalue weighted by Gasteiger charge is -2.18. The van der Waals surface area contributed by atoms with E-state index in [-0.39, 0.29) is 17.7 Å². The molecule has 1 amide bonds. The molecule has 2 fully saturated rings. The molecule has 5 nitrogen and oxygen atoms in total. The van der Waals surface area contributed by atoms with Crippen LogP contribution in [0, 0.1) is 0 Å². The molecule has 1 aromatic rings. The lowest BCUT2D eigenvalue weighted by Crippen LogP contribution is -2.30. The molecule has 0 radical (unpaired) electrons. The van der Waals surface area contributed by atoms with E-state index in [9.17, 15) is 23.1 Å². The first-order chi connectivity index (χ1) is 9.83. The average molecular weight is 302 g/mol. The smallest absolute Gasteiger partial charge is 0.406 e. The number of carbonyl (C=O) groups is 1. The number of hydrogen-bond donors (Lipinski definition) is 1. The number of fused-ring (bicyclic) bond motifs is 1. The fraction of sp³-hybridized carbons (Fsp3) is 0.462. The monoisotopic (exact) mass is 302 g/mol. The standard InChI is InChI=1S/C13H13F3N2O3/c14-13(15,16)21-10-3-1-8(2-4-10)18-7-17-6-9(19)5-11(17)12(18)20/h1-4,9,11,19H,5-7H2/t9-,11+/m1/s1.